The van der Waals surface area contributed by atoms with Crippen LogP contribution < -0.4 is 5.32 Å². The number of carbonyl (C=O) groups excluding carboxylic acids is 1. The standard InChI is InChI=1S/C16H23N3O/c1-18-8-3-9-19(11-10-18)16(20)15-5-2-4-13-12-17-7-6-14(13)15/h2,4-5,17H,3,6-12H2,1H3. The van der Waals surface area contributed by atoms with E-state index in [0.717, 1.165) is 57.7 Å². The highest BCUT2D eigenvalue weighted by atomic mass is 16.2. The molecule has 0 saturated carbocycles. The average molecular weight is 273 g/mol. The summed E-state index contributed by atoms with van der Waals surface area (Å²) in [6, 6.07) is 6.15. The van der Waals surface area contributed by atoms with Crippen molar-refractivity contribution in [2.24, 2.45) is 0 Å². The lowest BCUT2D eigenvalue weighted by molar-refractivity contribution is 0.0761. The van der Waals surface area contributed by atoms with Gasteiger partial charge in [0.05, 0.1) is 0 Å². The molecule has 20 heavy (non-hydrogen) atoms. The molecule has 4 nitrogen and oxygen atoms in total. The van der Waals surface area contributed by atoms with Crippen LogP contribution in [0.1, 0.15) is 27.9 Å². The predicted octanol–water partition coefficient (Wildman–Crippen LogP) is 1.11. The number of fused-ring (bicyclic) bond motifs is 1. The van der Waals surface area contributed by atoms with Gasteiger partial charge in [-0.1, -0.05) is 12.1 Å². The summed E-state index contributed by atoms with van der Waals surface area (Å²) in [6.45, 7) is 5.64. The van der Waals surface area contributed by atoms with E-state index in [2.05, 4.69) is 23.3 Å². The van der Waals surface area contributed by atoms with Gasteiger partial charge in [0, 0.05) is 31.7 Å². The molecular formula is C16H23N3O. The van der Waals surface area contributed by atoms with Gasteiger partial charge >= 0.3 is 0 Å². The van der Waals surface area contributed by atoms with Crippen LogP contribution in [0.15, 0.2) is 18.2 Å². The molecular weight excluding hydrogens is 250 g/mol. The number of likely N-dealkylation sites (N-methyl/N-ethyl adjacent to an activating group) is 1. The Hall–Kier alpha value is -1.39. The maximum atomic E-state index is 12.8. The van der Waals surface area contributed by atoms with Crippen molar-refractivity contribution in [1.82, 2.24) is 15.1 Å². The van der Waals surface area contributed by atoms with E-state index in [9.17, 15) is 4.79 Å². The van der Waals surface area contributed by atoms with Crippen LogP contribution in [0.25, 0.3) is 0 Å². The molecule has 2 aliphatic rings. The molecule has 0 atom stereocenters. The lowest BCUT2D eigenvalue weighted by Gasteiger charge is -2.25. The number of hydrogen-bond acceptors (Lipinski definition) is 3. The number of rotatable bonds is 1. The fourth-order valence-corrected chi connectivity index (χ4v) is 3.15. The molecule has 0 aromatic heterocycles. The van der Waals surface area contributed by atoms with Crippen LogP contribution >= 0.6 is 0 Å². The second-order valence-corrected chi connectivity index (χ2v) is 5.82. The first-order valence-electron chi connectivity index (χ1n) is 7.55. The van der Waals surface area contributed by atoms with Gasteiger partial charge < -0.3 is 15.1 Å². The SMILES string of the molecule is CN1CCCN(C(=O)c2cccc3c2CCNC3)CC1. The van der Waals surface area contributed by atoms with Crippen molar-refractivity contribution in [2.45, 2.75) is 19.4 Å². The molecule has 4 heteroatoms. The molecule has 2 heterocycles. The minimum absolute atomic E-state index is 0.221. The Morgan fingerprint density at radius 3 is 3.00 bits per heavy atom. The maximum Gasteiger partial charge on any atom is 0.254 e. The molecule has 0 aliphatic carbocycles. The lowest BCUT2D eigenvalue weighted by atomic mass is 9.94. The van der Waals surface area contributed by atoms with Crippen molar-refractivity contribution in [3.05, 3.63) is 34.9 Å². The topological polar surface area (TPSA) is 35.6 Å². The zero-order chi connectivity index (χ0) is 13.9. The number of hydrogen-bond donors (Lipinski definition) is 1. The molecule has 0 bridgehead atoms. The first kappa shape index (κ1) is 13.6. The highest BCUT2D eigenvalue weighted by Gasteiger charge is 2.23. The second-order valence-electron chi connectivity index (χ2n) is 5.82. The van der Waals surface area contributed by atoms with Crippen molar-refractivity contribution in [2.75, 3.05) is 39.8 Å². The van der Waals surface area contributed by atoms with Crippen LogP contribution in [0.3, 0.4) is 0 Å². The highest BCUT2D eigenvalue weighted by molar-refractivity contribution is 5.96. The number of nitrogens with one attached hydrogen (secondary N) is 1. The molecule has 0 radical (unpaired) electrons. The minimum Gasteiger partial charge on any atom is -0.337 e. The summed E-state index contributed by atoms with van der Waals surface area (Å²) in [5.41, 5.74) is 3.47. The molecule has 1 N–H and O–H groups in total. The Morgan fingerprint density at radius 1 is 1.20 bits per heavy atom. The fourth-order valence-electron chi connectivity index (χ4n) is 3.15. The Kier molecular flexibility index (Phi) is 4.03. The largest absolute Gasteiger partial charge is 0.337 e. The Morgan fingerprint density at radius 2 is 2.10 bits per heavy atom. The zero-order valence-electron chi connectivity index (χ0n) is 12.2. The van der Waals surface area contributed by atoms with Gasteiger partial charge in [0.1, 0.15) is 0 Å². The highest BCUT2D eigenvalue weighted by Crippen LogP contribution is 2.20. The van der Waals surface area contributed by atoms with E-state index in [1.165, 1.54) is 11.1 Å². The molecule has 1 saturated heterocycles. The van der Waals surface area contributed by atoms with Crippen molar-refractivity contribution in [3.63, 3.8) is 0 Å². The van der Waals surface area contributed by atoms with Crippen molar-refractivity contribution < 1.29 is 4.79 Å². The molecule has 1 amide bonds. The third-order valence-electron chi connectivity index (χ3n) is 4.38. The third kappa shape index (κ3) is 2.72. The fraction of sp³-hybridized carbons (Fsp3) is 0.562. The Bertz CT molecular complexity index is 500. The molecule has 0 unspecified atom stereocenters. The van der Waals surface area contributed by atoms with E-state index in [1.807, 2.05) is 17.0 Å². The van der Waals surface area contributed by atoms with E-state index < -0.39 is 0 Å². The molecule has 2 aliphatic heterocycles. The second kappa shape index (κ2) is 5.94. The Labute approximate surface area is 120 Å². The van der Waals surface area contributed by atoms with Gasteiger partial charge in [-0.15, -0.1) is 0 Å². The number of benzene rings is 1. The van der Waals surface area contributed by atoms with Gasteiger partial charge in [0.15, 0.2) is 0 Å². The van der Waals surface area contributed by atoms with Crippen LogP contribution in [0.5, 0.6) is 0 Å². The third-order valence-corrected chi connectivity index (χ3v) is 4.38. The van der Waals surface area contributed by atoms with E-state index in [4.69, 9.17) is 0 Å². The maximum absolute atomic E-state index is 12.8. The molecule has 1 aromatic rings. The van der Waals surface area contributed by atoms with Crippen LogP contribution in [0.2, 0.25) is 0 Å². The van der Waals surface area contributed by atoms with Gasteiger partial charge in [-0.25, -0.2) is 0 Å². The predicted molar refractivity (Wildman–Crippen MR) is 79.9 cm³/mol. The zero-order valence-corrected chi connectivity index (χ0v) is 12.2. The molecule has 3 rings (SSSR count). The summed E-state index contributed by atoms with van der Waals surface area (Å²) in [6.07, 6.45) is 2.03. The molecule has 0 spiro atoms. The Balaban J connectivity index is 1.83. The smallest absolute Gasteiger partial charge is 0.254 e. The number of amides is 1. The van der Waals surface area contributed by atoms with Crippen LogP contribution in [0.4, 0.5) is 0 Å². The van der Waals surface area contributed by atoms with Gasteiger partial charge in [0.2, 0.25) is 0 Å². The molecule has 1 aromatic carbocycles. The minimum atomic E-state index is 0.221. The van der Waals surface area contributed by atoms with Gasteiger partial charge in [-0.3, -0.25) is 4.79 Å². The summed E-state index contributed by atoms with van der Waals surface area (Å²) in [5.74, 6) is 0.221. The summed E-state index contributed by atoms with van der Waals surface area (Å²) >= 11 is 0. The quantitative estimate of drug-likeness (QED) is 0.832. The monoisotopic (exact) mass is 273 g/mol. The lowest BCUT2D eigenvalue weighted by Crippen LogP contribution is -2.36. The van der Waals surface area contributed by atoms with Crippen LogP contribution in [-0.2, 0) is 13.0 Å². The van der Waals surface area contributed by atoms with Crippen molar-refractivity contribution in [3.8, 4) is 0 Å². The molecule has 108 valence electrons. The first-order chi connectivity index (χ1) is 9.75. The molecule has 1 fully saturated rings. The van der Waals surface area contributed by atoms with Gasteiger partial charge in [-0.2, -0.15) is 0 Å². The first-order valence-corrected chi connectivity index (χ1v) is 7.55. The van der Waals surface area contributed by atoms with E-state index >= 15 is 0 Å². The summed E-state index contributed by atoms with van der Waals surface area (Å²) in [5, 5.41) is 3.37. The van der Waals surface area contributed by atoms with Gasteiger partial charge in [-0.05, 0) is 50.2 Å². The number of nitrogens with zero attached hydrogens (tertiary/aromatic N) is 2. The van der Waals surface area contributed by atoms with Crippen molar-refractivity contribution >= 4 is 5.91 Å². The van der Waals surface area contributed by atoms with E-state index in [0.29, 0.717) is 0 Å². The average Bonchev–Trinajstić information content (AvgIpc) is 2.71. The van der Waals surface area contributed by atoms with Gasteiger partial charge in [0.25, 0.3) is 5.91 Å². The van der Waals surface area contributed by atoms with E-state index in [-0.39, 0.29) is 5.91 Å². The van der Waals surface area contributed by atoms with Crippen LogP contribution in [-0.4, -0.2) is 55.5 Å². The summed E-state index contributed by atoms with van der Waals surface area (Å²) < 4.78 is 0. The normalized spacial score (nSPS) is 20.4. The van der Waals surface area contributed by atoms with Crippen LogP contribution in [0, 0.1) is 0 Å². The summed E-state index contributed by atoms with van der Waals surface area (Å²) in [4.78, 5) is 17.2. The van der Waals surface area contributed by atoms with Crippen molar-refractivity contribution in [1.29, 1.82) is 0 Å². The summed E-state index contributed by atoms with van der Waals surface area (Å²) in [7, 11) is 2.13. The van der Waals surface area contributed by atoms with E-state index in [1.54, 1.807) is 0 Å². The number of carbonyl (C=O) groups is 1.